The first-order chi connectivity index (χ1) is 5.66. The fourth-order valence-electron chi connectivity index (χ4n) is 0.974. The highest BCUT2D eigenvalue weighted by atomic mass is 32.1. The van der Waals surface area contributed by atoms with Crippen molar-refractivity contribution < 1.29 is 0 Å². The average Bonchev–Trinajstić information content (AvgIpc) is 2.29. The van der Waals surface area contributed by atoms with Gasteiger partial charge in [0.05, 0.1) is 0 Å². The van der Waals surface area contributed by atoms with Crippen LogP contribution in [0.15, 0.2) is 0 Å². The predicted molar refractivity (Wildman–Crippen MR) is 48.8 cm³/mol. The van der Waals surface area contributed by atoms with Gasteiger partial charge in [-0.05, 0) is 6.92 Å². The molecule has 0 bridgehead atoms. The number of hydrogen-bond donors (Lipinski definition) is 2. The summed E-state index contributed by atoms with van der Waals surface area (Å²) in [5, 5.41) is 0.469. The van der Waals surface area contributed by atoms with Gasteiger partial charge >= 0.3 is 0 Å². The number of nitrogens with two attached hydrogens (primary N) is 2. The molecule has 2 aromatic rings. The van der Waals surface area contributed by atoms with Gasteiger partial charge in [-0.3, -0.25) is 0 Å². The molecule has 0 spiro atoms. The molecule has 2 aromatic heterocycles. The second-order valence-electron chi connectivity index (χ2n) is 2.36. The molecule has 12 heavy (non-hydrogen) atoms. The molecule has 2 rings (SSSR count). The number of aromatic nitrogens is 3. The Labute approximate surface area is 72.5 Å². The molecule has 0 saturated heterocycles. The van der Waals surface area contributed by atoms with Crippen molar-refractivity contribution in [2.75, 3.05) is 11.5 Å². The van der Waals surface area contributed by atoms with E-state index in [0.717, 1.165) is 4.70 Å². The van der Waals surface area contributed by atoms with Crippen molar-refractivity contribution in [3.63, 3.8) is 0 Å². The molecule has 5 nitrogen and oxygen atoms in total. The molecule has 0 aliphatic carbocycles. The third-order valence-corrected chi connectivity index (χ3v) is 2.30. The van der Waals surface area contributed by atoms with Gasteiger partial charge in [0.15, 0.2) is 10.8 Å². The number of thiazole rings is 1. The molecule has 2 heterocycles. The zero-order chi connectivity index (χ0) is 8.72. The number of aryl methyl sites for hydroxylation is 1. The summed E-state index contributed by atoms with van der Waals surface area (Å²) in [4.78, 5) is 12.1. The van der Waals surface area contributed by atoms with E-state index in [1.807, 2.05) is 0 Å². The maximum absolute atomic E-state index is 5.63. The van der Waals surface area contributed by atoms with Gasteiger partial charge in [-0.2, -0.15) is 0 Å². The van der Waals surface area contributed by atoms with Gasteiger partial charge in [0, 0.05) is 0 Å². The fraction of sp³-hybridized carbons (Fsp3) is 0.167. The number of hydrogen-bond acceptors (Lipinski definition) is 6. The highest BCUT2D eigenvalue weighted by molar-refractivity contribution is 7.22. The first-order valence-electron chi connectivity index (χ1n) is 3.33. The third-order valence-electron chi connectivity index (χ3n) is 1.41. The zero-order valence-electron chi connectivity index (χ0n) is 6.40. The molecule has 0 fully saturated rings. The Hall–Kier alpha value is -1.43. The average molecular weight is 181 g/mol. The molecular weight excluding hydrogens is 174 g/mol. The van der Waals surface area contributed by atoms with Crippen LogP contribution < -0.4 is 11.5 Å². The third kappa shape index (κ3) is 0.964. The topological polar surface area (TPSA) is 90.7 Å². The van der Waals surface area contributed by atoms with Crippen molar-refractivity contribution >= 4 is 32.6 Å². The fourth-order valence-corrected chi connectivity index (χ4v) is 1.65. The molecule has 0 aliphatic rings. The van der Waals surface area contributed by atoms with E-state index in [1.165, 1.54) is 11.3 Å². The van der Waals surface area contributed by atoms with Crippen LogP contribution in [0.4, 0.5) is 10.9 Å². The van der Waals surface area contributed by atoms with Crippen LogP contribution >= 0.6 is 11.3 Å². The minimum Gasteiger partial charge on any atom is -0.382 e. The lowest BCUT2D eigenvalue weighted by Gasteiger charge is -1.93. The largest absolute Gasteiger partial charge is 0.382 e. The molecule has 0 unspecified atom stereocenters. The second kappa shape index (κ2) is 2.28. The van der Waals surface area contributed by atoms with E-state index >= 15 is 0 Å². The minimum absolute atomic E-state index is 0.451. The lowest BCUT2D eigenvalue weighted by Crippen LogP contribution is -1.95. The van der Waals surface area contributed by atoms with Gasteiger partial charge in [-0.25, -0.2) is 15.0 Å². The summed E-state index contributed by atoms with van der Waals surface area (Å²) in [5.74, 6) is 1.07. The Kier molecular flexibility index (Phi) is 1.37. The lowest BCUT2D eigenvalue weighted by atomic mass is 10.5. The van der Waals surface area contributed by atoms with Crippen LogP contribution in [0.5, 0.6) is 0 Å². The van der Waals surface area contributed by atoms with Crippen LogP contribution in [0.2, 0.25) is 0 Å². The standard InChI is InChI=1S/C6H7N5S/c1-2-9-4(7)3-5(10-2)11-6(8)12-3/h1H3,(H4,7,8,9,10,11). The number of anilines is 2. The van der Waals surface area contributed by atoms with E-state index in [-0.39, 0.29) is 0 Å². The Morgan fingerprint density at radius 1 is 1.17 bits per heavy atom. The normalized spacial score (nSPS) is 10.8. The molecule has 0 amide bonds. The van der Waals surface area contributed by atoms with Crippen molar-refractivity contribution in [3.05, 3.63) is 5.82 Å². The Balaban J connectivity index is 2.88. The van der Waals surface area contributed by atoms with Crippen LogP contribution in [-0.2, 0) is 0 Å². The molecule has 0 atom stereocenters. The first kappa shape index (κ1) is 7.23. The quantitative estimate of drug-likeness (QED) is 0.619. The summed E-state index contributed by atoms with van der Waals surface area (Å²) < 4.78 is 0.762. The maximum Gasteiger partial charge on any atom is 0.182 e. The van der Waals surface area contributed by atoms with Crippen LogP contribution in [-0.4, -0.2) is 15.0 Å². The van der Waals surface area contributed by atoms with Crippen molar-refractivity contribution in [1.29, 1.82) is 0 Å². The van der Waals surface area contributed by atoms with Gasteiger partial charge in [-0.15, -0.1) is 0 Å². The number of fused-ring (bicyclic) bond motifs is 1. The van der Waals surface area contributed by atoms with Crippen LogP contribution in [0.3, 0.4) is 0 Å². The van der Waals surface area contributed by atoms with Crippen molar-refractivity contribution in [2.24, 2.45) is 0 Å². The minimum atomic E-state index is 0.451. The summed E-state index contributed by atoms with van der Waals surface area (Å²) in [7, 11) is 0. The highest BCUT2D eigenvalue weighted by Crippen LogP contribution is 2.25. The molecule has 0 radical (unpaired) electrons. The number of rotatable bonds is 0. The second-order valence-corrected chi connectivity index (χ2v) is 3.39. The summed E-state index contributed by atoms with van der Waals surface area (Å²) in [6.45, 7) is 1.77. The summed E-state index contributed by atoms with van der Waals surface area (Å²) in [6.07, 6.45) is 0. The van der Waals surface area contributed by atoms with Crippen molar-refractivity contribution in [1.82, 2.24) is 15.0 Å². The molecule has 6 heteroatoms. The van der Waals surface area contributed by atoms with E-state index in [0.29, 0.717) is 22.4 Å². The van der Waals surface area contributed by atoms with Gasteiger partial charge < -0.3 is 11.5 Å². The van der Waals surface area contributed by atoms with E-state index in [4.69, 9.17) is 11.5 Å². The molecule has 62 valence electrons. The number of nitrogens with zero attached hydrogens (tertiary/aromatic N) is 3. The highest BCUT2D eigenvalue weighted by Gasteiger charge is 2.07. The van der Waals surface area contributed by atoms with E-state index in [9.17, 15) is 0 Å². The maximum atomic E-state index is 5.63. The van der Waals surface area contributed by atoms with Crippen LogP contribution in [0.25, 0.3) is 10.3 Å². The summed E-state index contributed by atoms with van der Waals surface area (Å²) in [6, 6.07) is 0. The zero-order valence-corrected chi connectivity index (χ0v) is 7.22. The molecule has 0 aliphatic heterocycles. The van der Waals surface area contributed by atoms with Crippen LogP contribution in [0, 0.1) is 6.92 Å². The van der Waals surface area contributed by atoms with Crippen LogP contribution in [0.1, 0.15) is 5.82 Å². The van der Waals surface area contributed by atoms with Gasteiger partial charge in [0.1, 0.15) is 16.3 Å². The lowest BCUT2D eigenvalue weighted by molar-refractivity contribution is 1.09. The summed E-state index contributed by atoms with van der Waals surface area (Å²) in [5.41, 5.74) is 11.7. The van der Waals surface area contributed by atoms with E-state index in [1.54, 1.807) is 6.92 Å². The van der Waals surface area contributed by atoms with Crippen molar-refractivity contribution in [2.45, 2.75) is 6.92 Å². The van der Waals surface area contributed by atoms with Gasteiger partial charge in [0.2, 0.25) is 0 Å². The first-order valence-corrected chi connectivity index (χ1v) is 4.14. The van der Waals surface area contributed by atoms with Gasteiger partial charge in [-0.1, -0.05) is 11.3 Å². The van der Waals surface area contributed by atoms with E-state index < -0.39 is 0 Å². The summed E-state index contributed by atoms with van der Waals surface area (Å²) >= 11 is 1.30. The predicted octanol–water partition coefficient (Wildman–Crippen LogP) is 0.559. The number of nitrogen functional groups attached to an aromatic ring is 2. The molecular formula is C6H7N5S. The Morgan fingerprint density at radius 2 is 1.92 bits per heavy atom. The van der Waals surface area contributed by atoms with Gasteiger partial charge in [0.25, 0.3) is 0 Å². The molecule has 4 N–H and O–H groups in total. The van der Waals surface area contributed by atoms with Crippen molar-refractivity contribution in [3.8, 4) is 0 Å². The Morgan fingerprint density at radius 3 is 2.67 bits per heavy atom. The Bertz CT molecular complexity index is 435. The molecule has 0 aromatic carbocycles. The monoisotopic (exact) mass is 181 g/mol. The smallest absolute Gasteiger partial charge is 0.182 e. The SMILES string of the molecule is Cc1nc(N)c2sc(N)nc2n1. The van der Waals surface area contributed by atoms with E-state index in [2.05, 4.69) is 15.0 Å². The molecule has 0 saturated carbocycles.